The van der Waals surface area contributed by atoms with Crippen LogP contribution < -0.4 is 4.74 Å². The van der Waals surface area contributed by atoms with Gasteiger partial charge in [-0.1, -0.05) is 55.0 Å². The summed E-state index contributed by atoms with van der Waals surface area (Å²) in [6.07, 6.45) is 0. The molecular formula is C25H29N3O3. The van der Waals surface area contributed by atoms with Crippen molar-refractivity contribution in [1.82, 2.24) is 14.7 Å². The summed E-state index contributed by atoms with van der Waals surface area (Å²) in [6, 6.07) is 15.4. The van der Waals surface area contributed by atoms with E-state index < -0.39 is 0 Å². The number of rotatable bonds is 6. The van der Waals surface area contributed by atoms with Gasteiger partial charge in [-0.05, 0) is 25.1 Å². The topological polar surface area (TPSA) is 53.1 Å². The highest BCUT2D eigenvalue weighted by Gasteiger charge is 2.42. The standard InChI is InChI=1S/C25H29N3O3/c1-4-26-13-15-27(16-14-26)23-22(20-7-5-6-8-21(20)31-3)24(29)28(25(23)30)17-19-11-9-18(2)10-12-19/h5-12H,4,13-17H2,1-3H3. The minimum absolute atomic E-state index is 0.226. The molecule has 6 nitrogen and oxygen atoms in total. The normalized spacial score (nSPS) is 17.6. The van der Waals surface area contributed by atoms with E-state index >= 15 is 0 Å². The first kappa shape index (κ1) is 21.1. The molecule has 0 radical (unpaired) electrons. The smallest absolute Gasteiger partial charge is 0.278 e. The number of methoxy groups -OCH3 is 1. The monoisotopic (exact) mass is 419 g/mol. The first-order valence-corrected chi connectivity index (χ1v) is 10.8. The first-order valence-electron chi connectivity index (χ1n) is 10.8. The van der Waals surface area contributed by atoms with Crippen molar-refractivity contribution in [3.63, 3.8) is 0 Å². The SMILES string of the molecule is CCN1CCN(C2=C(c3ccccc3OC)C(=O)N(Cc3ccc(C)cc3)C2=O)CC1. The number of imide groups is 1. The van der Waals surface area contributed by atoms with Crippen LogP contribution in [0.2, 0.25) is 0 Å². The van der Waals surface area contributed by atoms with E-state index in [1.54, 1.807) is 7.11 Å². The van der Waals surface area contributed by atoms with Crippen molar-refractivity contribution in [3.05, 3.63) is 70.9 Å². The van der Waals surface area contributed by atoms with Crippen molar-refractivity contribution in [2.75, 3.05) is 39.8 Å². The van der Waals surface area contributed by atoms with Crippen LogP contribution in [-0.2, 0) is 16.1 Å². The summed E-state index contributed by atoms with van der Waals surface area (Å²) in [6.45, 7) is 8.59. The molecule has 0 spiro atoms. The zero-order valence-electron chi connectivity index (χ0n) is 18.4. The Kier molecular flexibility index (Phi) is 6.09. The first-order chi connectivity index (χ1) is 15.0. The van der Waals surface area contributed by atoms with Crippen LogP contribution in [-0.4, -0.2) is 66.3 Å². The molecule has 1 saturated heterocycles. The molecule has 6 heteroatoms. The quantitative estimate of drug-likeness (QED) is 0.674. The van der Waals surface area contributed by atoms with Crippen molar-refractivity contribution in [1.29, 1.82) is 0 Å². The Morgan fingerprint density at radius 2 is 1.58 bits per heavy atom. The fraction of sp³-hybridized carbons (Fsp3) is 0.360. The predicted octanol–water partition coefficient (Wildman–Crippen LogP) is 2.92. The Balaban J connectivity index is 1.73. The zero-order chi connectivity index (χ0) is 22.0. The average Bonchev–Trinajstić information content (AvgIpc) is 3.05. The molecule has 0 aliphatic carbocycles. The maximum atomic E-state index is 13.6. The van der Waals surface area contributed by atoms with Crippen molar-refractivity contribution in [2.24, 2.45) is 0 Å². The van der Waals surface area contributed by atoms with Crippen LogP contribution in [0.4, 0.5) is 0 Å². The Bertz CT molecular complexity index is 1000. The molecule has 2 amide bonds. The molecule has 2 aliphatic rings. The lowest BCUT2D eigenvalue weighted by atomic mass is 10.0. The van der Waals surface area contributed by atoms with Gasteiger partial charge in [-0.2, -0.15) is 0 Å². The highest BCUT2D eigenvalue weighted by Crippen LogP contribution is 2.37. The van der Waals surface area contributed by atoms with Crippen LogP contribution in [0.25, 0.3) is 5.57 Å². The second kappa shape index (κ2) is 8.94. The van der Waals surface area contributed by atoms with E-state index in [2.05, 4.69) is 16.7 Å². The lowest BCUT2D eigenvalue weighted by molar-refractivity contribution is -0.138. The predicted molar refractivity (Wildman–Crippen MR) is 120 cm³/mol. The molecule has 2 aliphatic heterocycles. The molecule has 2 heterocycles. The number of aryl methyl sites for hydroxylation is 1. The molecule has 31 heavy (non-hydrogen) atoms. The maximum absolute atomic E-state index is 13.6. The molecule has 0 unspecified atom stereocenters. The third-order valence-electron chi connectivity index (χ3n) is 6.12. The molecule has 0 bridgehead atoms. The molecule has 2 aromatic carbocycles. The number of carbonyl (C=O) groups is 2. The Morgan fingerprint density at radius 3 is 2.23 bits per heavy atom. The van der Waals surface area contributed by atoms with Gasteiger partial charge in [0.25, 0.3) is 11.8 Å². The number of benzene rings is 2. The number of hydrogen-bond acceptors (Lipinski definition) is 5. The summed E-state index contributed by atoms with van der Waals surface area (Å²) >= 11 is 0. The fourth-order valence-corrected chi connectivity index (χ4v) is 4.26. The number of hydrogen-bond donors (Lipinski definition) is 0. The fourth-order valence-electron chi connectivity index (χ4n) is 4.26. The van der Waals surface area contributed by atoms with Gasteiger partial charge in [-0.25, -0.2) is 0 Å². The van der Waals surface area contributed by atoms with E-state index in [0.29, 0.717) is 22.6 Å². The van der Waals surface area contributed by atoms with Gasteiger partial charge in [0.2, 0.25) is 0 Å². The van der Waals surface area contributed by atoms with Gasteiger partial charge in [-0.15, -0.1) is 0 Å². The number of carbonyl (C=O) groups excluding carboxylic acids is 2. The van der Waals surface area contributed by atoms with Crippen LogP contribution in [0.3, 0.4) is 0 Å². The van der Waals surface area contributed by atoms with Gasteiger partial charge < -0.3 is 14.5 Å². The molecule has 0 saturated carbocycles. The number of likely N-dealkylation sites (N-methyl/N-ethyl adjacent to an activating group) is 1. The third kappa shape index (κ3) is 4.08. The highest BCUT2D eigenvalue weighted by atomic mass is 16.5. The minimum Gasteiger partial charge on any atom is -0.496 e. The van der Waals surface area contributed by atoms with Gasteiger partial charge in [0.1, 0.15) is 11.4 Å². The van der Waals surface area contributed by atoms with Gasteiger partial charge in [0, 0.05) is 31.7 Å². The Morgan fingerprint density at radius 1 is 0.903 bits per heavy atom. The van der Waals surface area contributed by atoms with Crippen LogP contribution >= 0.6 is 0 Å². The number of nitrogens with zero attached hydrogens (tertiary/aromatic N) is 3. The molecule has 0 atom stereocenters. The van der Waals surface area contributed by atoms with Crippen LogP contribution in [0, 0.1) is 6.92 Å². The van der Waals surface area contributed by atoms with E-state index in [1.165, 1.54) is 4.90 Å². The summed E-state index contributed by atoms with van der Waals surface area (Å²) in [5.74, 6) is 0.111. The summed E-state index contributed by atoms with van der Waals surface area (Å²) in [5, 5.41) is 0. The number of ether oxygens (including phenoxy) is 1. The van der Waals surface area contributed by atoms with Crippen LogP contribution in [0.1, 0.15) is 23.6 Å². The zero-order valence-corrected chi connectivity index (χ0v) is 18.4. The second-order valence-electron chi connectivity index (χ2n) is 8.03. The second-order valence-corrected chi connectivity index (χ2v) is 8.03. The summed E-state index contributed by atoms with van der Waals surface area (Å²) in [5.41, 5.74) is 3.69. The summed E-state index contributed by atoms with van der Waals surface area (Å²) in [4.78, 5) is 33.0. The molecular weight excluding hydrogens is 390 g/mol. The third-order valence-corrected chi connectivity index (χ3v) is 6.12. The van der Waals surface area contributed by atoms with Gasteiger partial charge >= 0.3 is 0 Å². The van der Waals surface area contributed by atoms with Crippen molar-refractivity contribution in [3.8, 4) is 5.75 Å². The van der Waals surface area contributed by atoms with E-state index in [0.717, 1.165) is 43.9 Å². The van der Waals surface area contributed by atoms with Gasteiger partial charge in [0.05, 0.1) is 19.2 Å². The number of piperazine rings is 1. The molecule has 1 fully saturated rings. The minimum atomic E-state index is -0.261. The van der Waals surface area contributed by atoms with Gasteiger partial charge in [-0.3, -0.25) is 14.5 Å². The molecule has 0 N–H and O–H groups in total. The lowest BCUT2D eigenvalue weighted by Crippen LogP contribution is -2.47. The average molecular weight is 420 g/mol. The van der Waals surface area contributed by atoms with Crippen LogP contribution in [0.15, 0.2) is 54.2 Å². The highest BCUT2D eigenvalue weighted by molar-refractivity contribution is 6.35. The Hall–Kier alpha value is -3.12. The van der Waals surface area contributed by atoms with Gasteiger partial charge in [0.15, 0.2) is 0 Å². The van der Waals surface area contributed by atoms with Crippen molar-refractivity contribution < 1.29 is 14.3 Å². The van der Waals surface area contributed by atoms with Crippen LogP contribution in [0.5, 0.6) is 5.75 Å². The molecule has 0 aromatic heterocycles. The number of amides is 2. The number of para-hydroxylation sites is 1. The largest absolute Gasteiger partial charge is 0.496 e. The van der Waals surface area contributed by atoms with Crippen molar-refractivity contribution >= 4 is 17.4 Å². The van der Waals surface area contributed by atoms with E-state index in [-0.39, 0.29) is 18.4 Å². The van der Waals surface area contributed by atoms with E-state index in [4.69, 9.17) is 4.74 Å². The molecule has 162 valence electrons. The van der Waals surface area contributed by atoms with E-state index in [1.807, 2.05) is 55.5 Å². The molecule has 4 rings (SSSR count). The maximum Gasteiger partial charge on any atom is 0.278 e. The van der Waals surface area contributed by atoms with Crippen molar-refractivity contribution in [2.45, 2.75) is 20.4 Å². The van der Waals surface area contributed by atoms with E-state index in [9.17, 15) is 9.59 Å². The summed E-state index contributed by atoms with van der Waals surface area (Å²) < 4.78 is 5.54. The summed E-state index contributed by atoms with van der Waals surface area (Å²) in [7, 11) is 1.59. The lowest BCUT2D eigenvalue weighted by Gasteiger charge is -2.36. The Labute approximate surface area is 183 Å². The molecule has 2 aromatic rings.